The lowest BCUT2D eigenvalue weighted by atomic mass is 10.1. The van der Waals surface area contributed by atoms with Crippen LogP contribution in [0, 0.1) is 5.92 Å². The molecule has 0 radical (unpaired) electrons. The predicted molar refractivity (Wildman–Crippen MR) is 89.6 cm³/mol. The van der Waals surface area contributed by atoms with Gasteiger partial charge in [-0.2, -0.15) is 4.68 Å². The van der Waals surface area contributed by atoms with Gasteiger partial charge in [-0.15, -0.1) is 0 Å². The summed E-state index contributed by atoms with van der Waals surface area (Å²) < 4.78 is 1.77. The van der Waals surface area contributed by atoms with Crippen LogP contribution in [0.5, 0.6) is 0 Å². The molecule has 2 heterocycles. The number of aromatic nitrogens is 4. The molecule has 0 amide bonds. The van der Waals surface area contributed by atoms with Crippen molar-refractivity contribution in [2.75, 3.05) is 25.0 Å². The average molecular weight is 312 g/mol. The maximum atomic E-state index is 4.13. The molecule has 1 saturated heterocycles. The highest BCUT2D eigenvalue weighted by atomic mass is 15.6. The first-order chi connectivity index (χ1) is 11.4. The SMILES string of the molecule is c1ccc(-n2nnnc2NCC2CCN(C3CCCC3)C2)cc1. The molecule has 1 aliphatic carbocycles. The van der Waals surface area contributed by atoms with E-state index >= 15 is 0 Å². The summed E-state index contributed by atoms with van der Waals surface area (Å²) in [5.41, 5.74) is 0.985. The van der Waals surface area contributed by atoms with E-state index in [-0.39, 0.29) is 0 Å². The molecule has 2 aliphatic rings. The van der Waals surface area contributed by atoms with Crippen molar-refractivity contribution in [1.82, 2.24) is 25.1 Å². The van der Waals surface area contributed by atoms with Crippen LogP contribution in [-0.4, -0.2) is 50.8 Å². The summed E-state index contributed by atoms with van der Waals surface area (Å²) in [5.74, 6) is 1.42. The van der Waals surface area contributed by atoms with Crippen molar-refractivity contribution >= 4 is 5.95 Å². The molecular weight excluding hydrogens is 288 g/mol. The first-order valence-corrected chi connectivity index (χ1v) is 8.72. The minimum absolute atomic E-state index is 0.691. The monoisotopic (exact) mass is 312 g/mol. The second-order valence-electron chi connectivity index (χ2n) is 6.72. The molecule has 1 aromatic heterocycles. The first-order valence-electron chi connectivity index (χ1n) is 8.72. The minimum atomic E-state index is 0.691. The number of anilines is 1. The van der Waals surface area contributed by atoms with Gasteiger partial charge in [0.1, 0.15) is 0 Å². The van der Waals surface area contributed by atoms with E-state index in [4.69, 9.17) is 0 Å². The zero-order chi connectivity index (χ0) is 15.5. The molecule has 2 aromatic rings. The fourth-order valence-electron chi connectivity index (χ4n) is 3.91. The molecule has 1 aliphatic heterocycles. The van der Waals surface area contributed by atoms with Crippen LogP contribution >= 0.6 is 0 Å². The number of nitrogens with one attached hydrogen (secondary N) is 1. The molecule has 23 heavy (non-hydrogen) atoms. The van der Waals surface area contributed by atoms with Crippen molar-refractivity contribution < 1.29 is 0 Å². The largest absolute Gasteiger partial charge is 0.352 e. The molecule has 122 valence electrons. The van der Waals surface area contributed by atoms with Gasteiger partial charge in [-0.05, 0) is 54.3 Å². The highest BCUT2D eigenvalue weighted by Gasteiger charge is 2.29. The second-order valence-corrected chi connectivity index (χ2v) is 6.72. The van der Waals surface area contributed by atoms with E-state index in [0.29, 0.717) is 5.92 Å². The molecule has 6 heteroatoms. The minimum Gasteiger partial charge on any atom is -0.352 e. The van der Waals surface area contributed by atoms with E-state index in [0.717, 1.165) is 24.2 Å². The van der Waals surface area contributed by atoms with E-state index in [1.165, 1.54) is 45.2 Å². The van der Waals surface area contributed by atoms with Gasteiger partial charge < -0.3 is 10.2 Å². The summed E-state index contributed by atoms with van der Waals surface area (Å²) in [6, 6.07) is 10.9. The van der Waals surface area contributed by atoms with Gasteiger partial charge in [-0.25, -0.2) is 0 Å². The Balaban J connectivity index is 1.34. The highest BCUT2D eigenvalue weighted by Crippen LogP contribution is 2.28. The van der Waals surface area contributed by atoms with Crippen LogP contribution in [0.25, 0.3) is 5.69 Å². The zero-order valence-electron chi connectivity index (χ0n) is 13.4. The van der Waals surface area contributed by atoms with Crippen molar-refractivity contribution in [3.63, 3.8) is 0 Å². The first kappa shape index (κ1) is 14.6. The van der Waals surface area contributed by atoms with Crippen LogP contribution in [0.3, 0.4) is 0 Å². The third-order valence-electron chi connectivity index (χ3n) is 5.18. The molecule has 2 fully saturated rings. The van der Waals surface area contributed by atoms with Crippen molar-refractivity contribution in [3.8, 4) is 5.69 Å². The summed E-state index contributed by atoms with van der Waals surface area (Å²) >= 11 is 0. The Morgan fingerprint density at radius 1 is 1.09 bits per heavy atom. The number of hydrogen-bond donors (Lipinski definition) is 1. The van der Waals surface area contributed by atoms with Crippen molar-refractivity contribution in [2.45, 2.75) is 38.1 Å². The van der Waals surface area contributed by atoms with Crippen LogP contribution in [0.4, 0.5) is 5.95 Å². The highest BCUT2D eigenvalue weighted by molar-refractivity contribution is 5.38. The third kappa shape index (κ3) is 3.22. The van der Waals surface area contributed by atoms with Gasteiger partial charge in [0, 0.05) is 19.1 Å². The number of nitrogens with zero attached hydrogens (tertiary/aromatic N) is 5. The van der Waals surface area contributed by atoms with E-state index in [1.54, 1.807) is 4.68 Å². The normalized spacial score (nSPS) is 22.7. The average Bonchev–Trinajstić information content (AvgIpc) is 3.33. The van der Waals surface area contributed by atoms with Crippen molar-refractivity contribution in [2.24, 2.45) is 5.92 Å². The molecule has 1 atom stereocenters. The van der Waals surface area contributed by atoms with Gasteiger partial charge in [-0.1, -0.05) is 36.1 Å². The molecule has 1 unspecified atom stereocenters. The van der Waals surface area contributed by atoms with Gasteiger partial charge in [0.05, 0.1) is 5.69 Å². The van der Waals surface area contributed by atoms with Gasteiger partial charge in [-0.3, -0.25) is 0 Å². The molecule has 4 rings (SSSR count). The molecule has 0 bridgehead atoms. The Kier molecular flexibility index (Phi) is 4.24. The van der Waals surface area contributed by atoms with Gasteiger partial charge in [0.15, 0.2) is 0 Å². The van der Waals surface area contributed by atoms with Gasteiger partial charge in [0.2, 0.25) is 5.95 Å². The Labute approximate surface area is 136 Å². The molecule has 1 N–H and O–H groups in total. The van der Waals surface area contributed by atoms with Crippen LogP contribution in [0.2, 0.25) is 0 Å². The zero-order valence-corrected chi connectivity index (χ0v) is 13.4. The third-order valence-corrected chi connectivity index (χ3v) is 5.18. The summed E-state index contributed by atoms with van der Waals surface area (Å²) in [4.78, 5) is 2.69. The summed E-state index contributed by atoms with van der Waals surface area (Å²) in [7, 11) is 0. The van der Waals surface area contributed by atoms with Crippen LogP contribution < -0.4 is 5.32 Å². The van der Waals surface area contributed by atoms with E-state index < -0.39 is 0 Å². The van der Waals surface area contributed by atoms with Crippen LogP contribution in [-0.2, 0) is 0 Å². The number of tetrazole rings is 1. The Morgan fingerprint density at radius 3 is 2.74 bits per heavy atom. The van der Waals surface area contributed by atoms with E-state index in [1.807, 2.05) is 30.3 Å². The number of para-hydroxylation sites is 1. The molecule has 0 spiro atoms. The van der Waals surface area contributed by atoms with Crippen LogP contribution in [0.1, 0.15) is 32.1 Å². The summed E-state index contributed by atoms with van der Waals surface area (Å²) in [6.07, 6.45) is 6.89. The lowest BCUT2D eigenvalue weighted by Crippen LogP contribution is -2.31. The second kappa shape index (κ2) is 6.66. The maximum Gasteiger partial charge on any atom is 0.247 e. The Morgan fingerprint density at radius 2 is 1.91 bits per heavy atom. The number of benzene rings is 1. The van der Waals surface area contributed by atoms with Crippen LogP contribution in [0.15, 0.2) is 30.3 Å². The smallest absolute Gasteiger partial charge is 0.247 e. The predicted octanol–water partition coefficient (Wildman–Crippen LogP) is 2.34. The Bertz CT molecular complexity index is 619. The molecular formula is C17H24N6. The van der Waals surface area contributed by atoms with E-state index in [2.05, 4.69) is 25.7 Å². The lowest BCUT2D eigenvalue weighted by molar-refractivity contribution is 0.238. The molecule has 1 saturated carbocycles. The number of hydrogen-bond acceptors (Lipinski definition) is 5. The standard InChI is InChI=1S/C17H24N6/c1-2-8-16(9-3-1)23-17(19-20-21-23)18-12-14-10-11-22(13-14)15-6-4-5-7-15/h1-3,8-9,14-15H,4-7,10-13H2,(H,18,19,21). The number of rotatable bonds is 5. The van der Waals surface area contributed by atoms with Crippen molar-refractivity contribution in [1.29, 1.82) is 0 Å². The Hall–Kier alpha value is -1.95. The summed E-state index contributed by atoms with van der Waals surface area (Å²) in [6.45, 7) is 3.40. The lowest BCUT2D eigenvalue weighted by Gasteiger charge is -2.23. The quantitative estimate of drug-likeness (QED) is 0.918. The summed E-state index contributed by atoms with van der Waals surface area (Å²) in [5, 5.41) is 15.5. The van der Waals surface area contributed by atoms with E-state index in [9.17, 15) is 0 Å². The van der Waals surface area contributed by atoms with Gasteiger partial charge in [0.25, 0.3) is 0 Å². The fourth-order valence-corrected chi connectivity index (χ4v) is 3.91. The van der Waals surface area contributed by atoms with Crippen molar-refractivity contribution in [3.05, 3.63) is 30.3 Å². The number of likely N-dealkylation sites (tertiary alicyclic amines) is 1. The molecule has 6 nitrogen and oxygen atoms in total. The maximum absolute atomic E-state index is 4.13. The topological polar surface area (TPSA) is 58.9 Å². The fraction of sp³-hybridized carbons (Fsp3) is 0.588. The van der Waals surface area contributed by atoms with Gasteiger partial charge >= 0.3 is 0 Å². The molecule has 1 aromatic carbocycles.